The Labute approximate surface area is 125 Å². The molecule has 0 saturated carbocycles. The van der Waals surface area contributed by atoms with Gasteiger partial charge in [-0.15, -0.1) is 0 Å². The van der Waals surface area contributed by atoms with Crippen molar-refractivity contribution in [2.75, 3.05) is 12.8 Å². The van der Waals surface area contributed by atoms with Crippen LogP contribution in [0, 0.1) is 0 Å². The first-order valence-electron chi connectivity index (χ1n) is 6.22. The lowest BCUT2D eigenvalue weighted by Crippen LogP contribution is -2.05. The minimum atomic E-state index is 0.504. The van der Waals surface area contributed by atoms with E-state index in [1.54, 1.807) is 7.11 Å². The van der Waals surface area contributed by atoms with Gasteiger partial charge in [-0.2, -0.15) is 0 Å². The number of imidazole rings is 1. The molecule has 0 saturated heterocycles. The Bertz CT molecular complexity index is 767. The van der Waals surface area contributed by atoms with Gasteiger partial charge in [-0.1, -0.05) is 34.1 Å². The first-order valence-corrected chi connectivity index (χ1v) is 7.01. The Morgan fingerprint density at radius 2 is 2.05 bits per heavy atom. The molecule has 5 heteroatoms. The van der Waals surface area contributed by atoms with E-state index in [0.29, 0.717) is 12.5 Å². The van der Waals surface area contributed by atoms with Crippen LogP contribution in [0.15, 0.2) is 46.9 Å². The third-order valence-corrected chi connectivity index (χ3v) is 4.04. The average Bonchev–Trinajstić information content (AvgIpc) is 2.77. The fourth-order valence-corrected chi connectivity index (χ4v) is 2.62. The van der Waals surface area contributed by atoms with Gasteiger partial charge < -0.3 is 15.0 Å². The molecule has 0 aliphatic rings. The summed E-state index contributed by atoms with van der Waals surface area (Å²) in [4.78, 5) is 4.38. The molecular formula is C15H14BrN3O. The van der Waals surface area contributed by atoms with E-state index in [1.807, 2.05) is 41.0 Å². The standard InChI is InChI=1S/C15H14BrN3O/c1-20-11-6-7-13-14(8-11)19(15(17)18-13)9-10-4-2-3-5-12(10)16/h2-8H,9H2,1H3,(H2,17,18). The fourth-order valence-electron chi connectivity index (χ4n) is 2.21. The van der Waals surface area contributed by atoms with Crippen LogP contribution in [0.2, 0.25) is 0 Å². The molecule has 102 valence electrons. The number of benzene rings is 2. The fraction of sp³-hybridized carbons (Fsp3) is 0.133. The molecule has 0 unspecified atom stereocenters. The van der Waals surface area contributed by atoms with Gasteiger partial charge in [0.1, 0.15) is 5.75 Å². The maximum Gasteiger partial charge on any atom is 0.201 e. The lowest BCUT2D eigenvalue weighted by Gasteiger charge is -2.09. The van der Waals surface area contributed by atoms with Crippen molar-refractivity contribution in [3.8, 4) is 5.75 Å². The highest BCUT2D eigenvalue weighted by Crippen LogP contribution is 2.25. The lowest BCUT2D eigenvalue weighted by molar-refractivity contribution is 0.415. The third-order valence-electron chi connectivity index (χ3n) is 3.27. The van der Waals surface area contributed by atoms with E-state index in [2.05, 4.69) is 27.0 Å². The minimum Gasteiger partial charge on any atom is -0.497 e. The van der Waals surface area contributed by atoms with Crippen LogP contribution in [0.25, 0.3) is 11.0 Å². The number of hydrogen-bond donors (Lipinski definition) is 1. The number of anilines is 1. The minimum absolute atomic E-state index is 0.504. The molecule has 0 fully saturated rings. The molecule has 1 heterocycles. The second kappa shape index (κ2) is 5.17. The highest BCUT2D eigenvalue weighted by Gasteiger charge is 2.10. The molecule has 4 nitrogen and oxygen atoms in total. The van der Waals surface area contributed by atoms with Gasteiger partial charge in [0.25, 0.3) is 0 Å². The van der Waals surface area contributed by atoms with Crippen LogP contribution in [0.3, 0.4) is 0 Å². The molecule has 0 spiro atoms. The third kappa shape index (κ3) is 2.25. The average molecular weight is 332 g/mol. The van der Waals surface area contributed by atoms with Crippen LogP contribution in [0.4, 0.5) is 5.95 Å². The second-order valence-electron chi connectivity index (χ2n) is 4.50. The first kappa shape index (κ1) is 13.0. The number of rotatable bonds is 3. The van der Waals surface area contributed by atoms with Crippen LogP contribution in [0.5, 0.6) is 5.75 Å². The molecule has 2 aromatic carbocycles. The second-order valence-corrected chi connectivity index (χ2v) is 5.36. The predicted octanol–water partition coefficient (Wildman–Crippen LogP) is 3.44. The number of fused-ring (bicyclic) bond motifs is 1. The monoisotopic (exact) mass is 331 g/mol. The van der Waals surface area contributed by atoms with Gasteiger partial charge in [0, 0.05) is 10.5 Å². The normalized spacial score (nSPS) is 10.9. The number of hydrogen-bond acceptors (Lipinski definition) is 3. The number of methoxy groups -OCH3 is 1. The Balaban J connectivity index is 2.11. The van der Waals surface area contributed by atoms with Gasteiger partial charge in [-0.3, -0.25) is 0 Å². The summed E-state index contributed by atoms with van der Waals surface area (Å²) in [6.45, 7) is 0.664. The van der Waals surface area contributed by atoms with E-state index in [9.17, 15) is 0 Å². The van der Waals surface area contributed by atoms with Crippen molar-refractivity contribution in [2.24, 2.45) is 0 Å². The molecule has 0 amide bonds. The quantitative estimate of drug-likeness (QED) is 0.799. The molecule has 3 rings (SSSR count). The molecule has 0 bridgehead atoms. The molecule has 0 radical (unpaired) electrons. The van der Waals surface area contributed by atoms with Crippen molar-refractivity contribution >= 4 is 32.9 Å². The Morgan fingerprint density at radius 3 is 2.80 bits per heavy atom. The summed E-state index contributed by atoms with van der Waals surface area (Å²) < 4.78 is 8.31. The van der Waals surface area contributed by atoms with Crippen LogP contribution in [-0.2, 0) is 6.54 Å². The summed E-state index contributed by atoms with van der Waals surface area (Å²) in [7, 11) is 1.65. The molecule has 2 N–H and O–H groups in total. The molecule has 0 aliphatic carbocycles. The van der Waals surface area contributed by atoms with Gasteiger partial charge in [0.15, 0.2) is 0 Å². The molecule has 20 heavy (non-hydrogen) atoms. The maximum atomic E-state index is 6.04. The van der Waals surface area contributed by atoms with Crippen molar-refractivity contribution in [1.82, 2.24) is 9.55 Å². The van der Waals surface area contributed by atoms with Gasteiger partial charge in [-0.05, 0) is 23.8 Å². The van der Waals surface area contributed by atoms with E-state index in [1.165, 1.54) is 0 Å². The summed E-state index contributed by atoms with van der Waals surface area (Å²) in [6, 6.07) is 13.8. The zero-order valence-corrected chi connectivity index (χ0v) is 12.6. The molecule has 0 aliphatic heterocycles. The number of nitrogen functional groups attached to an aromatic ring is 1. The van der Waals surface area contributed by atoms with Gasteiger partial charge >= 0.3 is 0 Å². The van der Waals surface area contributed by atoms with Crippen LogP contribution in [0.1, 0.15) is 5.56 Å². The number of nitrogens with zero attached hydrogens (tertiary/aromatic N) is 2. The summed E-state index contributed by atoms with van der Waals surface area (Å²) in [6.07, 6.45) is 0. The Hall–Kier alpha value is -2.01. The van der Waals surface area contributed by atoms with Crippen molar-refractivity contribution < 1.29 is 4.74 Å². The van der Waals surface area contributed by atoms with E-state index in [4.69, 9.17) is 10.5 Å². The zero-order chi connectivity index (χ0) is 14.1. The van der Waals surface area contributed by atoms with Crippen molar-refractivity contribution in [1.29, 1.82) is 0 Å². The van der Waals surface area contributed by atoms with Crippen molar-refractivity contribution in [2.45, 2.75) is 6.54 Å². The largest absolute Gasteiger partial charge is 0.497 e. The Kier molecular flexibility index (Phi) is 3.36. The summed E-state index contributed by atoms with van der Waals surface area (Å²) in [5, 5.41) is 0. The summed E-state index contributed by atoms with van der Waals surface area (Å²) >= 11 is 3.56. The first-order chi connectivity index (χ1) is 9.69. The predicted molar refractivity (Wildman–Crippen MR) is 83.9 cm³/mol. The highest BCUT2D eigenvalue weighted by molar-refractivity contribution is 9.10. The van der Waals surface area contributed by atoms with Crippen LogP contribution >= 0.6 is 15.9 Å². The number of nitrogens with two attached hydrogens (primary N) is 1. The number of halogens is 1. The topological polar surface area (TPSA) is 53.1 Å². The highest BCUT2D eigenvalue weighted by atomic mass is 79.9. The molecule has 0 atom stereocenters. The van der Waals surface area contributed by atoms with E-state index < -0.39 is 0 Å². The van der Waals surface area contributed by atoms with Gasteiger partial charge in [0.2, 0.25) is 5.95 Å². The summed E-state index contributed by atoms with van der Waals surface area (Å²) in [5.41, 5.74) is 9.03. The van der Waals surface area contributed by atoms with Gasteiger partial charge in [-0.25, -0.2) is 4.98 Å². The lowest BCUT2D eigenvalue weighted by atomic mass is 10.2. The number of aromatic nitrogens is 2. The Morgan fingerprint density at radius 1 is 1.25 bits per heavy atom. The SMILES string of the molecule is COc1ccc2nc(N)n(Cc3ccccc3Br)c2c1. The molecule has 3 aromatic rings. The maximum absolute atomic E-state index is 6.04. The molecular weight excluding hydrogens is 318 g/mol. The van der Waals surface area contributed by atoms with Crippen molar-refractivity contribution in [3.05, 3.63) is 52.5 Å². The zero-order valence-electron chi connectivity index (χ0n) is 11.0. The number of ether oxygens (including phenoxy) is 1. The van der Waals surface area contributed by atoms with E-state index >= 15 is 0 Å². The van der Waals surface area contributed by atoms with Crippen LogP contribution in [-0.4, -0.2) is 16.7 Å². The van der Waals surface area contributed by atoms with Gasteiger partial charge in [0.05, 0.1) is 24.7 Å². The molecule has 1 aromatic heterocycles. The van der Waals surface area contributed by atoms with E-state index in [-0.39, 0.29) is 0 Å². The summed E-state index contributed by atoms with van der Waals surface area (Å²) in [5.74, 6) is 1.30. The van der Waals surface area contributed by atoms with Crippen molar-refractivity contribution in [3.63, 3.8) is 0 Å². The smallest absolute Gasteiger partial charge is 0.201 e. The van der Waals surface area contributed by atoms with Crippen LogP contribution < -0.4 is 10.5 Å². The van der Waals surface area contributed by atoms with E-state index in [0.717, 1.165) is 26.8 Å².